The molecule has 2 aromatic rings. The van der Waals surface area contributed by atoms with Crippen molar-refractivity contribution in [1.29, 1.82) is 5.26 Å². The van der Waals surface area contributed by atoms with Crippen LogP contribution in [0.3, 0.4) is 0 Å². The summed E-state index contributed by atoms with van der Waals surface area (Å²) in [5.41, 5.74) is 2.82. The Bertz CT molecular complexity index is 672. The van der Waals surface area contributed by atoms with E-state index in [9.17, 15) is 10.4 Å². The molecule has 1 aromatic carbocycles. The molecule has 1 aliphatic rings. The highest BCUT2D eigenvalue weighted by Crippen LogP contribution is 2.46. The highest BCUT2D eigenvalue weighted by molar-refractivity contribution is 5.46. The van der Waals surface area contributed by atoms with Gasteiger partial charge in [0.25, 0.3) is 0 Å². The van der Waals surface area contributed by atoms with Gasteiger partial charge in [0.05, 0.1) is 11.8 Å². The maximum absolute atomic E-state index is 10.7. The minimum Gasteiger partial charge on any atom is -0.385 e. The molecule has 0 saturated carbocycles. The third-order valence-electron chi connectivity index (χ3n) is 4.17. The normalized spacial score (nSPS) is 22.1. The Morgan fingerprint density at radius 2 is 2.10 bits per heavy atom. The zero-order valence-corrected chi connectivity index (χ0v) is 11.4. The molecule has 0 radical (unpaired) electrons. The van der Waals surface area contributed by atoms with E-state index in [0.717, 1.165) is 23.1 Å². The highest BCUT2D eigenvalue weighted by Gasteiger charge is 2.46. The van der Waals surface area contributed by atoms with Gasteiger partial charge in [-0.1, -0.05) is 30.3 Å². The summed E-state index contributed by atoms with van der Waals surface area (Å²) in [5.74, 6) is 0. The zero-order chi connectivity index (χ0) is 14.2. The van der Waals surface area contributed by atoms with Crippen LogP contribution in [-0.4, -0.2) is 10.1 Å². The van der Waals surface area contributed by atoms with E-state index in [2.05, 4.69) is 11.1 Å². The number of hydrogen-bond donors (Lipinski definition) is 1. The Balaban J connectivity index is 2.07. The van der Waals surface area contributed by atoms with Gasteiger partial charge in [-0.3, -0.25) is 4.98 Å². The molecule has 0 amide bonds. The van der Waals surface area contributed by atoms with E-state index in [1.165, 1.54) is 0 Å². The van der Waals surface area contributed by atoms with Crippen molar-refractivity contribution < 1.29 is 5.11 Å². The Hall–Kier alpha value is -2.18. The van der Waals surface area contributed by atoms with Crippen molar-refractivity contribution in [3.05, 3.63) is 65.0 Å². The van der Waals surface area contributed by atoms with Crippen LogP contribution in [0.25, 0.3) is 0 Å². The molecule has 0 aliphatic heterocycles. The fourth-order valence-corrected chi connectivity index (χ4v) is 2.99. The van der Waals surface area contributed by atoms with Gasteiger partial charge in [-0.15, -0.1) is 0 Å². The molecule has 20 heavy (non-hydrogen) atoms. The standard InChI is InChI=1S/C17H16N2O/c1-12-6-7-15(19-10-12)16(20)17(11-18)9-8-13-4-2-3-5-14(13)17/h2-7,10,16,20H,8-9H2,1H3. The van der Waals surface area contributed by atoms with Crippen molar-refractivity contribution in [2.24, 2.45) is 0 Å². The van der Waals surface area contributed by atoms with Crippen molar-refractivity contribution in [2.75, 3.05) is 0 Å². The molecule has 3 heteroatoms. The van der Waals surface area contributed by atoms with Crippen molar-refractivity contribution in [3.63, 3.8) is 0 Å². The van der Waals surface area contributed by atoms with Crippen LogP contribution in [0.2, 0.25) is 0 Å². The number of benzene rings is 1. The number of fused-ring (bicyclic) bond motifs is 1. The number of aliphatic hydroxyl groups is 1. The van der Waals surface area contributed by atoms with Crippen LogP contribution < -0.4 is 0 Å². The molecule has 1 N–H and O–H groups in total. The van der Waals surface area contributed by atoms with E-state index < -0.39 is 11.5 Å². The predicted octanol–water partition coefficient (Wildman–Crippen LogP) is 2.83. The van der Waals surface area contributed by atoms with Crippen LogP contribution in [0, 0.1) is 18.3 Å². The third kappa shape index (κ3) is 1.81. The first-order valence-electron chi connectivity index (χ1n) is 6.77. The van der Waals surface area contributed by atoms with Gasteiger partial charge in [0, 0.05) is 6.20 Å². The molecular formula is C17H16N2O. The van der Waals surface area contributed by atoms with Crippen LogP contribution in [0.15, 0.2) is 42.6 Å². The largest absolute Gasteiger partial charge is 0.385 e. The second kappa shape index (κ2) is 4.73. The monoisotopic (exact) mass is 264 g/mol. The Labute approximate surface area is 118 Å². The van der Waals surface area contributed by atoms with Gasteiger partial charge in [0.2, 0.25) is 0 Å². The number of hydrogen-bond acceptors (Lipinski definition) is 3. The minimum absolute atomic E-state index is 0.564. The second-order valence-corrected chi connectivity index (χ2v) is 5.40. The molecule has 3 nitrogen and oxygen atoms in total. The number of aromatic nitrogens is 1. The molecule has 0 fully saturated rings. The van der Waals surface area contributed by atoms with Gasteiger partial charge in [-0.25, -0.2) is 0 Å². The van der Waals surface area contributed by atoms with Gasteiger partial charge in [0.15, 0.2) is 0 Å². The van der Waals surface area contributed by atoms with E-state index in [0.29, 0.717) is 12.1 Å². The number of nitriles is 1. The van der Waals surface area contributed by atoms with Crippen LogP contribution in [0.1, 0.15) is 34.9 Å². The molecule has 2 atom stereocenters. The molecule has 1 aliphatic carbocycles. The smallest absolute Gasteiger partial charge is 0.119 e. The van der Waals surface area contributed by atoms with Crippen molar-refractivity contribution in [3.8, 4) is 6.07 Å². The molecular weight excluding hydrogens is 248 g/mol. The Kier molecular flexibility index (Phi) is 3.04. The first-order chi connectivity index (χ1) is 9.67. The Morgan fingerprint density at radius 3 is 2.80 bits per heavy atom. The third-order valence-corrected chi connectivity index (χ3v) is 4.17. The maximum atomic E-state index is 10.7. The van der Waals surface area contributed by atoms with E-state index in [-0.39, 0.29) is 0 Å². The summed E-state index contributed by atoms with van der Waals surface area (Å²) >= 11 is 0. The van der Waals surface area contributed by atoms with Crippen molar-refractivity contribution >= 4 is 0 Å². The SMILES string of the molecule is Cc1ccc(C(O)C2(C#N)CCc3ccccc32)nc1. The molecule has 1 heterocycles. The van der Waals surface area contributed by atoms with Gasteiger partial charge >= 0.3 is 0 Å². The van der Waals surface area contributed by atoms with Crippen molar-refractivity contribution in [2.45, 2.75) is 31.3 Å². The fourth-order valence-electron chi connectivity index (χ4n) is 2.99. The maximum Gasteiger partial charge on any atom is 0.119 e. The van der Waals surface area contributed by atoms with Crippen molar-refractivity contribution in [1.82, 2.24) is 4.98 Å². The second-order valence-electron chi connectivity index (χ2n) is 5.40. The van der Waals surface area contributed by atoms with Gasteiger partial charge in [-0.05, 0) is 42.5 Å². The van der Waals surface area contributed by atoms with E-state index in [1.807, 2.05) is 37.3 Å². The van der Waals surface area contributed by atoms with E-state index in [1.54, 1.807) is 12.3 Å². The molecule has 2 unspecified atom stereocenters. The lowest BCUT2D eigenvalue weighted by Crippen LogP contribution is -2.30. The predicted molar refractivity (Wildman–Crippen MR) is 76.0 cm³/mol. The summed E-state index contributed by atoms with van der Waals surface area (Å²) in [4.78, 5) is 4.29. The Morgan fingerprint density at radius 1 is 1.30 bits per heavy atom. The number of aliphatic hydroxyl groups excluding tert-OH is 1. The summed E-state index contributed by atoms with van der Waals surface area (Å²) in [6.07, 6.45) is 2.30. The van der Waals surface area contributed by atoms with Crippen LogP contribution in [-0.2, 0) is 11.8 Å². The lowest BCUT2D eigenvalue weighted by Gasteiger charge is -2.28. The summed E-state index contributed by atoms with van der Waals surface area (Å²) in [6, 6.07) is 14.0. The van der Waals surface area contributed by atoms with E-state index in [4.69, 9.17) is 0 Å². The van der Waals surface area contributed by atoms with E-state index >= 15 is 0 Å². The lowest BCUT2D eigenvalue weighted by atomic mass is 9.76. The number of nitrogens with zero attached hydrogens (tertiary/aromatic N) is 2. The number of aryl methyl sites for hydroxylation is 2. The van der Waals surface area contributed by atoms with Gasteiger partial charge < -0.3 is 5.11 Å². The fraction of sp³-hybridized carbons (Fsp3) is 0.294. The first kappa shape index (κ1) is 12.8. The summed E-state index contributed by atoms with van der Waals surface area (Å²) in [7, 11) is 0. The first-order valence-corrected chi connectivity index (χ1v) is 6.77. The molecule has 0 spiro atoms. The lowest BCUT2D eigenvalue weighted by molar-refractivity contribution is 0.106. The average Bonchev–Trinajstić information content (AvgIpc) is 2.87. The van der Waals surface area contributed by atoms with Gasteiger partial charge in [-0.2, -0.15) is 5.26 Å². The molecule has 0 saturated heterocycles. The molecule has 3 rings (SSSR count). The highest BCUT2D eigenvalue weighted by atomic mass is 16.3. The van der Waals surface area contributed by atoms with Crippen LogP contribution in [0.5, 0.6) is 0 Å². The average molecular weight is 264 g/mol. The van der Waals surface area contributed by atoms with Gasteiger partial charge in [0.1, 0.15) is 11.5 Å². The van der Waals surface area contributed by atoms with Crippen LogP contribution in [0.4, 0.5) is 0 Å². The quantitative estimate of drug-likeness (QED) is 0.907. The molecule has 0 bridgehead atoms. The summed E-state index contributed by atoms with van der Waals surface area (Å²) in [6.45, 7) is 1.95. The number of rotatable bonds is 2. The summed E-state index contributed by atoms with van der Waals surface area (Å²) < 4.78 is 0. The van der Waals surface area contributed by atoms with Crippen LogP contribution >= 0.6 is 0 Å². The molecule has 1 aromatic heterocycles. The summed E-state index contributed by atoms with van der Waals surface area (Å²) in [5, 5.41) is 20.4. The minimum atomic E-state index is -0.892. The number of pyridine rings is 1. The topological polar surface area (TPSA) is 56.9 Å². The zero-order valence-electron chi connectivity index (χ0n) is 11.4. The molecule has 100 valence electrons.